The zero-order valence-electron chi connectivity index (χ0n) is 22.5. The molecule has 0 spiro atoms. The summed E-state index contributed by atoms with van der Waals surface area (Å²) >= 11 is 0. The molecular weight excluding hydrogens is 488 g/mol. The number of carbonyl (C=O) groups is 1. The molecule has 0 atom stereocenters. The molecule has 10 heteroatoms. The summed E-state index contributed by atoms with van der Waals surface area (Å²) in [5.41, 5.74) is 3.59. The van der Waals surface area contributed by atoms with Crippen molar-refractivity contribution >= 4 is 23.1 Å². The highest BCUT2D eigenvalue weighted by Gasteiger charge is 2.18. The normalized spacial score (nSPS) is 11.2. The molecule has 202 valence electrons. The Bertz CT molecular complexity index is 1280. The highest BCUT2D eigenvalue weighted by molar-refractivity contribution is 6.02. The van der Waals surface area contributed by atoms with Crippen LogP contribution in [0.4, 0.5) is 16.2 Å². The monoisotopic (exact) mass is 522 g/mol. The zero-order valence-corrected chi connectivity index (χ0v) is 22.5. The van der Waals surface area contributed by atoms with Gasteiger partial charge in [0.15, 0.2) is 11.5 Å². The molecule has 3 aromatic carbocycles. The number of ether oxygens (including phenoxy) is 4. The molecule has 0 aromatic heterocycles. The summed E-state index contributed by atoms with van der Waals surface area (Å²) in [5.74, 6) is 2.18. The number of benzene rings is 3. The standard InChI is InChI=1S/C28H34N4O6/c1-18(31-34)23-12-7-19(15-25(23)35-4)24-16-21(17-26(36-5)27(24)37-6)30-28(33)29-20-8-10-22(11-9-20)38-14-13-32(2)3/h7-12,15-17,34H,13-14H2,1-6H3,(H2,29,30,33)/b31-18+. The Kier molecular flexibility index (Phi) is 9.78. The van der Waals surface area contributed by atoms with Gasteiger partial charge in [0.1, 0.15) is 18.1 Å². The summed E-state index contributed by atoms with van der Waals surface area (Å²) < 4.78 is 22.4. The molecule has 0 aliphatic rings. The van der Waals surface area contributed by atoms with E-state index in [0.717, 1.165) is 17.9 Å². The van der Waals surface area contributed by atoms with Crippen molar-refractivity contribution in [3.05, 3.63) is 60.2 Å². The van der Waals surface area contributed by atoms with Crippen LogP contribution in [0.5, 0.6) is 23.0 Å². The van der Waals surface area contributed by atoms with Gasteiger partial charge in [-0.2, -0.15) is 0 Å². The molecule has 0 heterocycles. The van der Waals surface area contributed by atoms with Gasteiger partial charge in [0.2, 0.25) is 0 Å². The first kappa shape index (κ1) is 28.1. The molecule has 0 bridgehead atoms. The fraction of sp³-hybridized carbons (Fsp3) is 0.286. The van der Waals surface area contributed by atoms with Gasteiger partial charge in [-0.3, -0.25) is 0 Å². The highest BCUT2D eigenvalue weighted by Crippen LogP contribution is 2.42. The fourth-order valence-electron chi connectivity index (χ4n) is 3.74. The maximum absolute atomic E-state index is 12.8. The van der Waals surface area contributed by atoms with Crippen LogP contribution >= 0.6 is 0 Å². The van der Waals surface area contributed by atoms with Crippen molar-refractivity contribution in [3.8, 4) is 34.1 Å². The number of hydrogen-bond donors (Lipinski definition) is 3. The average molecular weight is 523 g/mol. The van der Waals surface area contributed by atoms with Crippen LogP contribution in [0.15, 0.2) is 59.8 Å². The SMILES string of the molecule is COc1cc(-c2cc(NC(=O)Nc3ccc(OCCN(C)C)cc3)cc(OC)c2OC)ccc1/C(C)=N/O. The molecule has 0 radical (unpaired) electrons. The predicted molar refractivity (Wildman–Crippen MR) is 149 cm³/mol. The van der Waals surface area contributed by atoms with Crippen molar-refractivity contribution in [2.45, 2.75) is 6.92 Å². The van der Waals surface area contributed by atoms with E-state index in [1.54, 1.807) is 62.6 Å². The third-order valence-corrected chi connectivity index (χ3v) is 5.71. The van der Waals surface area contributed by atoms with Crippen molar-refractivity contribution < 1.29 is 28.9 Å². The van der Waals surface area contributed by atoms with Crippen LogP contribution in [-0.4, -0.2) is 70.4 Å². The van der Waals surface area contributed by atoms with Crippen LogP contribution in [0.2, 0.25) is 0 Å². The van der Waals surface area contributed by atoms with Gasteiger partial charge in [0, 0.05) is 35.1 Å². The van der Waals surface area contributed by atoms with Crippen LogP contribution in [-0.2, 0) is 0 Å². The molecule has 10 nitrogen and oxygen atoms in total. The van der Waals surface area contributed by atoms with Crippen molar-refractivity contribution in [3.63, 3.8) is 0 Å². The number of methoxy groups -OCH3 is 3. The van der Waals surface area contributed by atoms with E-state index in [0.29, 0.717) is 52.1 Å². The number of anilines is 2. The van der Waals surface area contributed by atoms with Gasteiger partial charge in [-0.05, 0) is 69.0 Å². The third kappa shape index (κ3) is 7.07. The molecule has 38 heavy (non-hydrogen) atoms. The van der Waals surface area contributed by atoms with E-state index in [1.807, 2.05) is 25.1 Å². The number of urea groups is 1. The molecule has 0 saturated heterocycles. The topological polar surface area (TPSA) is 114 Å². The van der Waals surface area contributed by atoms with Gasteiger partial charge >= 0.3 is 6.03 Å². The van der Waals surface area contributed by atoms with E-state index in [1.165, 1.54) is 14.2 Å². The molecule has 2 amide bonds. The van der Waals surface area contributed by atoms with Crippen molar-refractivity contribution in [2.75, 3.05) is 59.2 Å². The predicted octanol–water partition coefficient (Wildman–Crippen LogP) is 5.16. The van der Waals surface area contributed by atoms with E-state index in [4.69, 9.17) is 18.9 Å². The lowest BCUT2D eigenvalue weighted by Crippen LogP contribution is -2.20. The summed E-state index contributed by atoms with van der Waals surface area (Å²) in [7, 11) is 8.58. The Morgan fingerprint density at radius 3 is 2.18 bits per heavy atom. The second kappa shape index (κ2) is 13.2. The van der Waals surface area contributed by atoms with E-state index in [2.05, 4.69) is 15.8 Å². The number of rotatable bonds is 11. The summed E-state index contributed by atoms with van der Waals surface area (Å²) in [6.45, 7) is 3.06. The number of nitrogens with one attached hydrogen (secondary N) is 2. The van der Waals surface area contributed by atoms with Gasteiger partial charge in [0.25, 0.3) is 0 Å². The minimum absolute atomic E-state index is 0.415. The van der Waals surface area contributed by atoms with E-state index >= 15 is 0 Å². The Balaban J connectivity index is 1.82. The summed E-state index contributed by atoms with van der Waals surface area (Å²) in [4.78, 5) is 14.8. The number of hydrogen-bond acceptors (Lipinski definition) is 8. The molecule has 0 aliphatic carbocycles. The van der Waals surface area contributed by atoms with Gasteiger partial charge in [-0.15, -0.1) is 0 Å². The number of carbonyl (C=O) groups excluding carboxylic acids is 1. The van der Waals surface area contributed by atoms with Crippen LogP contribution in [0.3, 0.4) is 0 Å². The second-order valence-corrected chi connectivity index (χ2v) is 8.62. The molecule has 3 rings (SSSR count). The lowest BCUT2D eigenvalue weighted by atomic mass is 9.99. The number of oxime groups is 1. The third-order valence-electron chi connectivity index (χ3n) is 5.71. The first-order valence-corrected chi connectivity index (χ1v) is 11.9. The minimum Gasteiger partial charge on any atom is -0.496 e. The lowest BCUT2D eigenvalue weighted by Gasteiger charge is -2.17. The highest BCUT2D eigenvalue weighted by atomic mass is 16.5. The summed E-state index contributed by atoms with van der Waals surface area (Å²) in [5, 5.41) is 18.1. The molecule has 0 saturated carbocycles. The van der Waals surface area contributed by atoms with Crippen LogP contribution in [0, 0.1) is 0 Å². The summed E-state index contributed by atoms with van der Waals surface area (Å²) in [6, 6.07) is 15.6. The van der Waals surface area contributed by atoms with Gasteiger partial charge in [-0.25, -0.2) is 4.79 Å². The maximum atomic E-state index is 12.8. The van der Waals surface area contributed by atoms with Crippen molar-refractivity contribution in [1.29, 1.82) is 0 Å². The van der Waals surface area contributed by atoms with E-state index in [-0.39, 0.29) is 0 Å². The Hall–Kier alpha value is -4.44. The number of likely N-dealkylation sites (N-methyl/N-ethyl adjacent to an activating group) is 1. The number of amides is 2. The molecular formula is C28H34N4O6. The first-order chi connectivity index (χ1) is 18.3. The van der Waals surface area contributed by atoms with Crippen LogP contribution in [0.1, 0.15) is 12.5 Å². The van der Waals surface area contributed by atoms with Gasteiger partial charge in [-0.1, -0.05) is 11.2 Å². The zero-order chi connectivity index (χ0) is 27.7. The average Bonchev–Trinajstić information content (AvgIpc) is 2.92. The molecule has 3 N–H and O–H groups in total. The largest absolute Gasteiger partial charge is 0.496 e. The number of nitrogens with zero attached hydrogens (tertiary/aromatic N) is 2. The first-order valence-electron chi connectivity index (χ1n) is 11.9. The maximum Gasteiger partial charge on any atom is 0.323 e. The van der Waals surface area contributed by atoms with E-state index < -0.39 is 6.03 Å². The van der Waals surface area contributed by atoms with Crippen molar-refractivity contribution in [2.24, 2.45) is 5.16 Å². The molecule has 0 fully saturated rings. The Morgan fingerprint density at radius 2 is 1.58 bits per heavy atom. The quantitative estimate of drug-likeness (QED) is 0.181. The molecule has 0 aliphatic heterocycles. The van der Waals surface area contributed by atoms with Crippen LogP contribution < -0.4 is 29.6 Å². The van der Waals surface area contributed by atoms with Gasteiger partial charge in [0.05, 0.1) is 27.0 Å². The molecule has 0 unspecified atom stereocenters. The lowest BCUT2D eigenvalue weighted by molar-refractivity contribution is 0.261. The fourth-order valence-corrected chi connectivity index (χ4v) is 3.74. The minimum atomic E-state index is -0.424. The Morgan fingerprint density at radius 1 is 0.895 bits per heavy atom. The second-order valence-electron chi connectivity index (χ2n) is 8.62. The molecule has 3 aromatic rings. The van der Waals surface area contributed by atoms with Crippen molar-refractivity contribution in [1.82, 2.24) is 4.90 Å². The smallest absolute Gasteiger partial charge is 0.323 e. The van der Waals surface area contributed by atoms with E-state index in [9.17, 15) is 10.0 Å². The Labute approximate surface area is 222 Å². The summed E-state index contributed by atoms with van der Waals surface area (Å²) in [6.07, 6.45) is 0. The van der Waals surface area contributed by atoms with Crippen LogP contribution in [0.25, 0.3) is 11.1 Å². The van der Waals surface area contributed by atoms with Gasteiger partial charge < -0.3 is 39.7 Å².